The van der Waals surface area contributed by atoms with Crippen LogP contribution in [0.3, 0.4) is 0 Å². The highest BCUT2D eigenvalue weighted by atomic mass is 32.2. The fourth-order valence-corrected chi connectivity index (χ4v) is 2.44. The molecule has 0 saturated carbocycles. The van der Waals surface area contributed by atoms with Gasteiger partial charge in [-0.15, -0.1) is 0 Å². The Bertz CT molecular complexity index is 604. The smallest absolute Gasteiger partial charge is 0.253 e. The Morgan fingerprint density at radius 3 is 2.89 bits per heavy atom. The summed E-state index contributed by atoms with van der Waals surface area (Å²) in [4.78, 5) is 17.9. The van der Waals surface area contributed by atoms with Crippen LogP contribution in [-0.4, -0.2) is 19.7 Å². The van der Waals surface area contributed by atoms with Gasteiger partial charge in [0.2, 0.25) is 0 Å². The number of aromatic amines is 1. The van der Waals surface area contributed by atoms with Crippen LogP contribution in [0.25, 0.3) is 0 Å². The Labute approximate surface area is 109 Å². The first kappa shape index (κ1) is 12.7. The van der Waals surface area contributed by atoms with Crippen molar-refractivity contribution in [3.8, 4) is 0 Å². The van der Waals surface area contributed by atoms with E-state index < -0.39 is 0 Å². The van der Waals surface area contributed by atoms with Crippen LogP contribution in [0.1, 0.15) is 18.3 Å². The normalized spacial score (nSPS) is 10.8. The quantitative estimate of drug-likeness (QED) is 0.634. The number of H-pyrrole nitrogens is 1. The molecule has 0 bridgehead atoms. The monoisotopic (exact) mass is 265 g/mol. The molecule has 6 nitrogen and oxygen atoms in total. The summed E-state index contributed by atoms with van der Waals surface area (Å²) < 4.78 is 1.84. The van der Waals surface area contributed by atoms with E-state index in [-0.39, 0.29) is 11.4 Å². The number of thioether (sulfide) groups is 1. The molecule has 0 fully saturated rings. The molecule has 0 unspecified atom stereocenters. The van der Waals surface area contributed by atoms with E-state index in [1.807, 2.05) is 11.7 Å². The zero-order valence-electron chi connectivity index (χ0n) is 10.3. The minimum atomic E-state index is -0.232. The Kier molecular flexibility index (Phi) is 3.71. The van der Waals surface area contributed by atoms with Crippen LogP contribution in [0, 0.1) is 0 Å². The van der Waals surface area contributed by atoms with E-state index in [1.54, 1.807) is 0 Å². The molecular weight excluding hydrogens is 250 g/mol. The van der Waals surface area contributed by atoms with E-state index in [4.69, 9.17) is 5.73 Å². The lowest BCUT2D eigenvalue weighted by atomic mass is 10.3. The Morgan fingerprint density at radius 2 is 2.28 bits per heavy atom. The molecule has 0 aliphatic heterocycles. The number of nitrogen functional groups attached to an aromatic ring is 1. The van der Waals surface area contributed by atoms with E-state index in [1.165, 1.54) is 17.8 Å². The van der Waals surface area contributed by atoms with Crippen molar-refractivity contribution in [2.75, 3.05) is 5.73 Å². The predicted octanol–water partition coefficient (Wildman–Crippen LogP) is 0.940. The third kappa shape index (κ3) is 2.92. The number of hydrogen-bond donors (Lipinski definition) is 2. The minimum Gasteiger partial charge on any atom is -0.383 e. The molecule has 0 aromatic carbocycles. The summed E-state index contributed by atoms with van der Waals surface area (Å²) >= 11 is 1.43. The summed E-state index contributed by atoms with van der Waals surface area (Å²) in [5, 5.41) is 4.89. The van der Waals surface area contributed by atoms with Crippen molar-refractivity contribution in [2.24, 2.45) is 7.05 Å². The lowest BCUT2D eigenvalue weighted by molar-refractivity contribution is 0.719. The van der Waals surface area contributed by atoms with Crippen LogP contribution in [-0.2, 0) is 19.2 Å². The van der Waals surface area contributed by atoms with Gasteiger partial charge in [0.25, 0.3) is 5.56 Å². The number of aryl methyl sites for hydroxylation is 2. The molecule has 2 heterocycles. The van der Waals surface area contributed by atoms with E-state index in [2.05, 4.69) is 28.1 Å². The van der Waals surface area contributed by atoms with Crippen molar-refractivity contribution in [1.29, 1.82) is 0 Å². The number of anilines is 1. The summed E-state index contributed by atoms with van der Waals surface area (Å²) in [7, 11) is 1.91. The molecule has 18 heavy (non-hydrogen) atoms. The zero-order valence-corrected chi connectivity index (χ0v) is 11.1. The lowest BCUT2D eigenvalue weighted by Crippen LogP contribution is -2.09. The van der Waals surface area contributed by atoms with Gasteiger partial charge in [-0.2, -0.15) is 5.10 Å². The van der Waals surface area contributed by atoms with Gasteiger partial charge in [0.15, 0.2) is 5.16 Å². The van der Waals surface area contributed by atoms with Crippen LogP contribution < -0.4 is 11.3 Å². The molecule has 2 rings (SSSR count). The van der Waals surface area contributed by atoms with Crippen molar-refractivity contribution in [1.82, 2.24) is 19.7 Å². The number of hydrogen-bond acceptors (Lipinski definition) is 5. The second-order valence-corrected chi connectivity index (χ2v) is 4.83. The van der Waals surface area contributed by atoms with E-state index in [9.17, 15) is 4.79 Å². The number of aromatic nitrogens is 4. The first-order valence-corrected chi connectivity index (χ1v) is 6.58. The molecule has 2 aromatic heterocycles. The average molecular weight is 265 g/mol. The van der Waals surface area contributed by atoms with Gasteiger partial charge in [0.1, 0.15) is 5.82 Å². The average Bonchev–Trinajstić information content (AvgIpc) is 2.66. The number of nitrogens with one attached hydrogen (secondary N) is 1. The maximum Gasteiger partial charge on any atom is 0.253 e. The van der Waals surface area contributed by atoms with Gasteiger partial charge in [-0.1, -0.05) is 18.7 Å². The van der Waals surface area contributed by atoms with Crippen LogP contribution >= 0.6 is 11.8 Å². The van der Waals surface area contributed by atoms with Crippen LogP contribution in [0.4, 0.5) is 5.82 Å². The SMILES string of the molecule is CCc1cc(CSc2nc(N)cc(=O)[nH]2)n(C)n1. The van der Waals surface area contributed by atoms with E-state index in [0.717, 1.165) is 17.8 Å². The fourth-order valence-electron chi connectivity index (χ4n) is 1.54. The van der Waals surface area contributed by atoms with Gasteiger partial charge in [-0.05, 0) is 12.5 Å². The van der Waals surface area contributed by atoms with Crippen LogP contribution in [0.5, 0.6) is 0 Å². The Hall–Kier alpha value is -1.76. The molecule has 96 valence electrons. The largest absolute Gasteiger partial charge is 0.383 e. The van der Waals surface area contributed by atoms with Gasteiger partial charge >= 0.3 is 0 Å². The molecule has 0 saturated heterocycles. The van der Waals surface area contributed by atoms with Crippen molar-refractivity contribution < 1.29 is 0 Å². The highest BCUT2D eigenvalue weighted by molar-refractivity contribution is 7.98. The predicted molar refractivity (Wildman–Crippen MR) is 71.4 cm³/mol. The highest BCUT2D eigenvalue weighted by Crippen LogP contribution is 2.19. The molecule has 0 aliphatic rings. The van der Waals surface area contributed by atoms with Gasteiger partial charge in [-0.3, -0.25) is 9.48 Å². The fraction of sp³-hybridized carbons (Fsp3) is 0.364. The van der Waals surface area contributed by atoms with Crippen molar-refractivity contribution >= 4 is 17.6 Å². The van der Waals surface area contributed by atoms with E-state index >= 15 is 0 Å². The molecule has 7 heteroatoms. The number of rotatable bonds is 4. The Morgan fingerprint density at radius 1 is 1.50 bits per heavy atom. The molecule has 0 spiro atoms. The third-order valence-electron chi connectivity index (χ3n) is 2.49. The van der Waals surface area contributed by atoms with Crippen molar-refractivity contribution in [2.45, 2.75) is 24.3 Å². The third-order valence-corrected chi connectivity index (χ3v) is 3.39. The standard InChI is InChI=1S/C11H15N5OS/c1-3-7-4-8(16(2)15-7)6-18-11-13-9(12)5-10(17)14-11/h4-5H,3,6H2,1-2H3,(H3,12,13,14,17). The summed E-state index contributed by atoms with van der Waals surface area (Å²) in [6.07, 6.45) is 0.909. The minimum absolute atomic E-state index is 0.232. The van der Waals surface area contributed by atoms with E-state index in [0.29, 0.717) is 10.9 Å². The topological polar surface area (TPSA) is 89.6 Å². The Balaban J connectivity index is 2.11. The van der Waals surface area contributed by atoms with Gasteiger partial charge in [-0.25, -0.2) is 4.98 Å². The first-order chi connectivity index (χ1) is 8.58. The molecule has 0 amide bonds. The molecule has 0 atom stereocenters. The second kappa shape index (κ2) is 5.26. The molecule has 0 radical (unpaired) electrons. The van der Waals surface area contributed by atoms with Crippen molar-refractivity contribution in [3.63, 3.8) is 0 Å². The van der Waals surface area contributed by atoms with Crippen LogP contribution in [0.2, 0.25) is 0 Å². The molecule has 2 aromatic rings. The highest BCUT2D eigenvalue weighted by Gasteiger charge is 2.06. The summed E-state index contributed by atoms with van der Waals surface area (Å²) in [5.74, 6) is 0.927. The lowest BCUT2D eigenvalue weighted by Gasteiger charge is -2.01. The summed E-state index contributed by atoms with van der Waals surface area (Å²) in [6.45, 7) is 2.07. The second-order valence-electron chi connectivity index (χ2n) is 3.87. The molecule has 0 aliphatic carbocycles. The zero-order chi connectivity index (χ0) is 13.1. The number of nitrogens with two attached hydrogens (primary N) is 1. The molecular formula is C11H15N5OS. The maximum atomic E-state index is 11.2. The van der Waals surface area contributed by atoms with Gasteiger partial charge < -0.3 is 10.7 Å². The first-order valence-electron chi connectivity index (χ1n) is 5.60. The maximum absolute atomic E-state index is 11.2. The summed E-state index contributed by atoms with van der Waals surface area (Å²) in [5.41, 5.74) is 7.43. The van der Waals surface area contributed by atoms with Gasteiger partial charge in [0.05, 0.1) is 5.69 Å². The van der Waals surface area contributed by atoms with Crippen molar-refractivity contribution in [3.05, 3.63) is 33.9 Å². The number of nitrogens with zero attached hydrogens (tertiary/aromatic N) is 3. The molecule has 3 N–H and O–H groups in total. The van der Waals surface area contributed by atoms with Crippen LogP contribution in [0.15, 0.2) is 22.1 Å². The van der Waals surface area contributed by atoms with Gasteiger partial charge in [0, 0.05) is 24.6 Å². The summed E-state index contributed by atoms with van der Waals surface area (Å²) in [6, 6.07) is 3.32.